The third-order valence-corrected chi connectivity index (χ3v) is 4.21. The van der Waals surface area contributed by atoms with Crippen molar-refractivity contribution in [2.45, 2.75) is 11.8 Å². The summed E-state index contributed by atoms with van der Waals surface area (Å²) < 4.78 is 22.8. The van der Waals surface area contributed by atoms with Gasteiger partial charge in [-0.25, -0.2) is 19.0 Å². The Morgan fingerprint density at radius 1 is 1.36 bits per heavy atom. The Kier molecular flexibility index (Phi) is 4.65. The first-order chi connectivity index (χ1) is 10.3. The van der Waals surface area contributed by atoms with Gasteiger partial charge in [-0.05, 0) is 37.3 Å². The number of aromatic nitrogens is 1. The lowest BCUT2D eigenvalue weighted by Gasteiger charge is -2.05. The first-order valence-corrected chi connectivity index (χ1v) is 8.02. The summed E-state index contributed by atoms with van der Waals surface area (Å²) in [5.74, 6) is -0.576. The summed E-state index contributed by atoms with van der Waals surface area (Å²) in [6.07, 6.45) is 1.73. The van der Waals surface area contributed by atoms with Gasteiger partial charge in [-0.15, -0.1) is 0 Å². The number of carbonyl (C=O) groups excluding carboxylic acids is 1. The SMILES string of the molecule is C/C(=N\NC(=O)c1ccc(Cl)c(S(N)(=O)=O)c1)c1ccc[nH]1. The highest BCUT2D eigenvalue weighted by Gasteiger charge is 2.16. The molecule has 0 radical (unpaired) electrons. The molecule has 2 rings (SSSR count). The molecule has 0 bridgehead atoms. The molecule has 0 atom stereocenters. The van der Waals surface area contributed by atoms with Gasteiger partial charge < -0.3 is 4.98 Å². The van der Waals surface area contributed by atoms with E-state index < -0.39 is 15.9 Å². The number of hydrazone groups is 1. The summed E-state index contributed by atoms with van der Waals surface area (Å²) in [5, 5.41) is 8.92. The molecule has 7 nitrogen and oxygen atoms in total. The Hall–Kier alpha value is -2.16. The number of rotatable bonds is 4. The molecule has 0 unspecified atom stereocenters. The van der Waals surface area contributed by atoms with Crippen LogP contribution in [0, 0.1) is 0 Å². The van der Waals surface area contributed by atoms with E-state index in [9.17, 15) is 13.2 Å². The molecular weight excluding hydrogens is 328 g/mol. The van der Waals surface area contributed by atoms with Crippen LogP contribution < -0.4 is 10.6 Å². The molecular formula is C13H13ClN4O3S. The number of nitrogens with zero attached hydrogens (tertiary/aromatic N) is 1. The Morgan fingerprint density at radius 2 is 2.09 bits per heavy atom. The quantitative estimate of drug-likeness (QED) is 0.577. The second kappa shape index (κ2) is 6.30. The van der Waals surface area contributed by atoms with Gasteiger partial charge in [0.25, 0.3) is 5.91 Å². The van der Waals surface area contributed by atoms with Crippen molar-refractivity contribution in [3.8, 4) is 0 Å². The van der Waals surface area contributed by atoms with Crippen LogP contribution >= 0.6 is 11.6 Å². The average molecular weight is 341 g/mol. The van der Waals surface area contributed by atoms with E-state index in [1.165, 1.54) is 12.1 Å². The van der Waals surface area contributed by atoms with E-state index in [2.05, 4.69) is 15.5 Å². The number of aromatic amines is 1. The minimum absolute atomic E-state index is 0.0508. The molecule has 0 spiro atoms. The molecule has 4 N–H and O–H groups in total. The third-order valence-electron chi connectivity index (χ3n) is 2.81. The number of sulfonamides is 1. The van der Waals surface area contributed by atoms with Crippen LogP contribution in [-0.4, -0.2) is 25.0 Å². The van der Waals surface area contributed by atoms with Crippen LogP contribution in [0.1, 0.15) is 23.0 Å². The monoisotopic (exact) mass is 340 g/mol. The topological polar surface area (TPSA) is 117 Å². The van der Waals surface area contributed by atoms with E-state index in [-0.39, 0.29) is 15.5 Å². The fraction of sp³-hybridized carbons (Fsp3) is 0.0769. The highest BCUT2D eigenvalue weighted by molar-refractivity contribution is 7.89. The molecule has 22 heavy (non-hydrogen) atoms. The molecule has 1 amide bonds. The molecule has 0 saturated carbocycles. The van der Waals surface area contributed by atoms with Crippen molar-refractivity contribution in [2.24, 2.45) is 10.2 Å². The maximum absolute atomic E-state index is 12.0. The van der Waals surface area contributed by atoms with Gasteiger partial charge in [-0.3, -0.25) is 4.79 Å². The first kappa shape index (κ1) is 16.2. The lowest BCUT2D eigenvalue weighted by Crippen LogP contribution is -2.20. The number of benzene rings is 1. The first-order valence-electron chi connectivity index (χ1n) is 6.10. The van der Waals surface area contributed by atoms with Gasteiger partial charge >= 0.3 is 0 Å². The number of hydrogen-bond acceptors (Lipinski definition) is 4. The maximum atomic E-state index is 12.0. The second-order valence-corrected chi connectivity index (χ2v) is 6.35. The fourth-order valence-corrected chi connectivity index (χ4v) is 2.75. The van der Waals surface area contributed by atoms with Gasteiger partial charge in [0.1, 0.15) is 4.90 Å². The van der Waals surface area contributed by atoms with E-state index in [0.717, 1.165) is 11.8 Å². The molecule has 9 heteroatoms. The Bertz CT molecular complexity index is 829. The molecule has 0 aliphatic heterocycles. The van der Waals surface area contributed by atoms with Crippen molar-refractivity contribution in [1.29, 1.82) is 0 Å². The van der Waals surface area contributed by atoms with Crippen LogP contribution in [-0.2, 0) is 10.0 Å². The number of nitrogens with two attached hydrogens (primary N) is 1. The van der Waals surface area contributed by atoms with Crippen molar-refractivity contribution in [1.82, 2.24) is 10.4 Å². The largest absolute Gasteiger partial charge is 0.360 e. The summed E-state index contributed by atoms with van der Waals surface area (Å²) in [6, 6.07) is 7.37. The van der Waals surface area contributed by atoms with E-state index >= 15 is 0 Å². The lowest BCUT2D eigenvalue weighted by molar-refractivity contribution is 0.0954. The highest BCUT2D eigenvalue weighted by atomic mass is 35.5. The number of hydrogen-bond donors (Lipinski definition) is 3. The van der Waals surface area contributed by atoms with E-state index in [0.29, 0.717) is 5.71 Å². The van der Waals surface area contributed by atoms with Crippen molar-refractivity contribution >= 4 is 33.2 Å². The molecule has 1 heterocycles. The van der Waals surface area contributed by atoms with Crippen LogP contribution in [0.4, 0.5) is 0 Å². The van der Waals surface area contributed by atoms with Crippen molar-refractivity contribution in [2.75, 3.05) is 0 Å². The van der Waals surface area contributed by atoms with E-state index in [4.69, 9.17) is 16.7 Å². The lowest BCUT2D eigenvalue weighted by atomic mass is 10.2. The van der Waals surface area contributed by atoms with E-state index in [1.54, 1.807) is 25.3 Å². The van der Waals surface area contributed by atoms with Crippen LogP contribution in [0.15, 0.2) is 46.5 Å². The molecule has 0 aliphatic carbocycles. The summed E-state index contributed by atoms with van der Waals surface area (Å²) in [4.78, 5) is 14.6. The molecule has 0 fully saturated rings. The van der Waals surface area contributed by atoms with E-state index in [1.807, 2.05) is 0 Å². The Morgan fingerprint density at radius 3 is 2.68 bits per heavy atom. The Balaban J connectivity index is 2.22. The summed E-state index contributed by atoms with van der Waals surface area (Å²) in [6.45, 7) is 1.71. The average Bonchev–Trinajstić information content (AvgIpc) is 2.97. The smallest absolute Gasteiger partial charge is 0.271 e. The zero-order chi connectivity index (χ0) is 16.3. The third kappa shape index (κ3) is 3.73. The Labute approximate surface area is 132 Å². The summed E-state index contributed by atoms with van der Waals surface area (Å²) in [5.41, 5.74) is 3.74. The maximum Gasteiger partial charge on any atom is 0.271 e. The van der Waals surface area contributed by atoms with Gasteiger partial charge in [-0.2, -0.15) is 5.10 Å². The normalized spacial score (nSPS) is 12.2. The number of halogens is 1. The van der Waals surface area contributed by atoms with Crippen LogP contribution in [0.25, 0.3) is 0 Å². The number of H-pyrrole nitrogens is 1. The molecule has 0 saturated heterocycles. The van der Waals surface area contributed by atoms with Crippen molar-refractivity contribution in [3.05, 3.63) is 52.8 Å². The van der Waals surface area contributed by atoms with Crippen molar-refractivity contribution in [3.63, 3.8) is 0 Å². The molecule has 2 aromatic rings. The van der Waals surface area contributed by atoms with Gasteiger partial charge in [0.15, 0.2) is 0 Å². The molecule has 1 aromatic heterocycles. The number of carbonyl (C=O) groups is 1. The summed E-state index contributed by atoms with van der Waals surface area (Å²) in [7, 11) is -4.01. The second-order valence-electron chi connectivity index (χ2n) is 4.41. The standard InChI is InChI=1S/C13H13ClN4O3S/c1-8(11-3-2-6-16-11)17-18-13(19)9-4-5-10(14)12(7-9)22(15,20)21/h2-7,16H,1H3,(H,18,19)(H2,15,20,21)/b17-8+. The van der Waals surface area contributed by atoms with Gasteiger partial charge in [0, 0.05) is 11.8 Å². The molecule has 0 aliphatic rings. The number of nitrogens with one attached hydrogen (secondary N) is 2. The number of primary sulfonamides is 1. The van der Waals surface area contributed by atoms with Crippen molar-refractivity contribution < 1.29 is 13.2 Å². The molecule has 116 valence electrons. The fourth-order valence-electron chi connectivity index (χ4n) is 1.68. The van der Waals surface area contributed by atoms with Gasteiger partial charge in [0.05, 0.1) is 16.4 Å². The predicted octanol–water partition coefficient (Wildman–Crippen LogP) is 1.47. The van der Waals surface area contributed by atoms with Gasteiger partial charge in [0.2, 0.25) is 10.0 Å². The predicted molar refractivity (Wildman–Crippen MR) is 83.3 cm³/mol. The number of amides is 1. The van der Waals surface area contributed by atoms with Crippen LogP contribution in [0.2, 0.25) is 5.02 Å². The van der Waals surface area contributed by atoms with Crippen LogP contribution in [0.5, 0.6) is 0 Å². The highest BCUT2D eigenvalue weighted by Crippen LogP contribution is 2.21. The zero-order valence-electron chi connectivity index (χ0n) is 11.5. The van der Waals surface area contributed by atoms with Crippen LogP contribution in [0.3, 0.4) is 0 Å². The summed E-state index contributed by atoms with van der Waals surface area (Å²) >= 11 is 5.76. The zero-order valence-corrected chi connectivity index (χ0v) is 13.1. The minimum Gasteiger partial charge on any atom is -0.360 e. The van der Waals surface area contributed by atoms with Gasteiger partial charge in [-0.1, -0.05) is 11.6 Å². The molecule has 1 aromatic carbocycles. The minimum atomic E-state index is -4.01.